The van der Waals surface area contributed by atoms with Crippen LogP contribution in [-0.2, 0) is 19.3 Å². The summed E-state index contributed by atoms with van der Waals surface area (Å²) in [6.07, 6.45) is 4.46. The molecule has 88 valence electrons. The monoisotopic (exact) mass is 283 g/mol. The molecule has 0 saturated heterocycles. The molecule has 3 heteroatoms. The molecule has 0 saturated carbocycles. The van der Waals surface area contributed by atoms with Crippen LogP contribution >= 0.6 is 15.9 Å². The summed E-state index contributed by atoms with van der Waals surface area (Å²) in [6.45, 7) is 2.03. The molecule has 0 aromatic heterocycles. The van der Waals surface area contributed by atoms with Gasteiger partial charge in [-0.1, -0.05) is 6.07 Å². The van der Waals surface area contributed by atoms with Gasteiger partial charge in [-0.2, -0.15) is 0 Å². The predicted octanol–water partition coefficient (Wildman–Crippen LogP) is 2.84. The number of hydrogen-bond acceptors (Lipinski definition) is 2. The summed E-state index contributed by atoms with van der Waals surface area (Å²) in [5.74, 6) is 0.970. The van der Waals surface area contributed by atoms with Crippen molar-refractivity contribution in [2.75, 3.05) is 7.11 Å². The second-order valence-electron chi connectivity index (χ2n) is 4.56. The summed E-state index contributed by atoms with van der Waals surface area (Å²) in [4.78, 5) is 0. The van der Waals surface area contributed by atoms with E-state index in [1.165, 1.54) is 29.5 Å². The molecule has 0 radical (unpaired) electrons. The summed E-state index contributed by atoms with van der Waals surface area (Å²) < 4.78 is 6.64. The van der Waals surface area contributed by atoms with Crippen LogP contribution in [0.1, 0.15) is 30.0 Å². The topological polar surface area (TPSA) is 35.2 Å². The molecule has 1 unspecified atom stereocenters. The van der Waals surface area contributed by atoms with Gasteiger partial charge in [0.25, 0.3) is 0 Å². The van der Waals surface area contributed by atoms with Gasteiger partial charge in [0.15, 0.2) is 0 Å². The molecule has 1 aromatic rings. The van der Waals surface area contributed by atoms with E-state index in [0.717, 1.165) is 23.1 Å². The van der Waals surface area contributed by atoms with Crippen LogP contribution in [0.5, 0.6) is 5.75 Å². The fourth-order valence-corrected chi connectivity index (χ4v) is 3.32. The Morgan fingerprint density at radius 3 is 2.88 bits per heavy atom. The average molecular weight is 284 g/mol. The molecule has 2 nitrogen and oxygen atoms in total. The molecular formula is C13H18BrNO. The third-order valence-electron chi connectivity index (χ3n) is 3.11. The number of hydrogen-bond donors (Lipinski definition) is 1. The number of aryl methyl sites for hydroxylation is 1. The fourth-order valence-electron chi connectivity index (χ4n) is 2.45. The second kappa shape index (κ2) is 4.76. The van der Waals surface area contributed by atoms with Gasteiger partial charge in [-0.05, 0) is 65.2 Å². The summed E-state index contributed by atoms with van der Waals surface area (Å²) in [5.41, 5.74) is 9.98. The van der Waals surface area contributed by atoms with Crippen LogP contribution in [0.4, 0.5) is 0 Å². The lowest BCUT2D eigenvalue weighted by molar-refractivity contribution is 0.405. The zero-order valence-electron chi connectivity index (χ0n) is 9.85. The third-order valence-corrected chi connectivity index (χ3v) is 3.95. The fraction of sp³-hybridized carbons (Fsp3) is 0.538. The standard InChI is InChI=1S/C13H18BrNO/c1-8(15)6-10-7-9-4-3-5-11(9)12(14)13(10)16-2/h7-8H,3-6,15H2,1-2H3. The van der Waals surface area contributed by atoms with Crippen molar-refractivity contribution in [2.24, 2.45) is 5.73 Å². The lowest BCUT2D eigenvalue weighted by atomic mass is 10.0. The highest BCUT2D eigenvalue weighted by Crippen LogP contribution is 2.39. The van der Waals surface area contributed by atoms with E-state index in [2.05, 4.69) is 22.0 Å². The lowest BCUT2D eigenvalue weighted by Crippen LogP contribution is -2.18. The van der Waals surface area contributed by atoms with Gasteiger partial charge in [0.2, 0.25) is 0 Å². The Bertz CT molecular complexity index is 401. The van der Waals surface area contributed by atoms with Crippen LogP contribution in [0.15, 0.2) is 10.5 Å². The van der Waals surface area contributed by atoms with Crippen LogP contribution in [0.25, 0.3) is 0 Å². The zero-order chi connectivity index (χ0) is 11.7. The smallest absolute Gasteiger partial charge is 0.136 e. The quantitative estimate of drug-likeness (QED) is 0.926. The molecule has 0 fully saturated rings. The number of nitrogens with two attached hydrogens (primary N) is 1. The highest BCUT2D eigenvalue weighted by Gasteiger charge is 2.20. The first-order valence-electron chi connectivity index (χ1n) is 5.76. The minimum Gasteiger partial charge on any atom is -0.495 e. The Morgan fingerprint density at radius 2 is 2.25 bits per heavy atom. The summed E-state index contributed by atoms with van der Waals surface area (Å²) in [5, 5.41) is 0. The third kappa shape index (κ3) is 2.11. The second-order valence-corrected chi connectivity index (χ2v) is 5.35. The van der Waals surface area contributed by atoms with Gasteiger partial charge in [0.05, 0.1) is 11.6 Å². The largest absolute Gasteiger partial charge is 0.495 e. The highest BCUT2D eigenvalue weighted by atomic mass is 79.9. The molecule has 2 N–H and O–H groups in total. The van der Waals surface area contributed by atoms with Gasteiger partial charge in [0, 0.05) is 6.04 Å². The summed E-state index contributed by atoms with van der Waals surface area (Å²) in [7, 11) is 1.73. The van der Waals surface area contributed by atoms with E-state index in [9.17, 15) is 0 Å². The van der Waals surface area contributed by atoms with Crippen LogP contribution in [0, 0.1) is 0 Å². The van der Waals surface area contributed by atoms with E-state index in [1.54, 1.807) is 7.11 Å². The highest BCUT2D eigenvalue weighted by molar-refractivity contribution is 9.10. The maximum atomic E-state index is 5.87. The molecule has 1 atom stereocenters. The van der Waals surface area contributed by atoms with Gasteiger partial charge in [0.1, 0.15) is 5.75 Å². The van der Waals surface area contributed by atoms with E-state index < -0.39 is 0 Å². The van der Waals surface area contributed by atoms with E-state index >= 15 is 0 Å². The molecule has 16 heavy (non-hydrogen) atoms. The van der Waals surface area contributed by atoms with E-state index in [-0.39, 0.29) is 6.04 Å². The molecule has 2 rings (SSSR count). The van der Waals surface area contributed by atoms with Gasteiger partial charge < -0.3 is 10.5 Å². The van der Waals surface area contributed by atoms with E-state index in [1.807, 2.05) is 6.92 Å². The minimum atomic E-state index is 0.167. The van der Waals surface area contributed by atoms with Gasteiger partial charge >= 0.3 is 0 Å². The average Bonchev–Trinajstić information content (AvgIpc) is 2.65. The van der Waals surface area contributed by atoms with Crippen molar-refractivity contribution in [1.82, 2.24) is 0 Å². The number of fused-ring (bicyclic) bond motifs is 1. The van der Waals surface area contributed by atoms with Crippen molar-refractivity contribution in [2.45, 2.75) is 38.6 Å². The SMILES string of the molecule is COc1c(CC(C)N)cc2c(c1Br)CCC2. The van der Waals surface area contributed by atoms with E-state index in [0.29, 0.717) is 0 Å². The maximum Gasteiger partial charge on any atom is 0.136 e. The first-order valence-corrected chi connectivity index (χ1v) is 6.55. The molecule has 1 aliphatic rings. The van der Waals surface area contributed by atoms with Crippen molar-refractivity contribution >= 4 is 15.9 Å². The van der Waals surface area contributed by atoms with Crippen molar-refractivity contribution in [3.8, 4) is 5.75 Å². The van der Waals surface area contributed by atoms with Crippen LogP contribution in [-0.4, -0.2) is 13.2 Å². The molecule has 0 heterocycles. The Hall–Kier alpha value is -0.540. The van der Waals surface area contributed by atoms with Crippen LogP contribution in [0.2, 0.25) is 0 Å². The number of rotatable bonds is 3. The van der Waals surface area contributed by atoms with Crippen LogP contribution in [0.3, 0.4) is 0 Å². The first kappa shape index (κ1) is 11.9. The van der Waals surface area contributed by atoms with Gasteiger partial charge in [-0.15, -0.1) is 0 Å². The molecule has 1 aromatic carbocycles. The first-order chi connectivity index (χ1) is 7.63. The Labute approximate surface area is 105 Å². The molecular weight excluding hydrogens is 266 g/mol. The number of ether oxygens (including phenoxy) is 1. The molecule has 1 aliphatic carbocycles. The van der Waals surface area contributed by atoms with Crippen molar-refractivity contribution in [3.05, 3.63) is 27.2 Å². The van der Waals surface area contributed by atoms with Gasteiger partial charge in [-0.25, -0.2) is 0 Å². The Kier molecular flexibility index (Phi) is 3.55. The lowest BCUT2D eigenvalue weighted by Gasteiger charge is -2.16. The van der Waals surface area contributed by atoms with Crippen LogP contribution < -0.4 is 10.5 Å². The van der Waals surface area contributed by atoms with Gasteiger partial charge in [-0.3, -0.25) is 0 Å². The normalized spacial score (nSPS) is 16.0. The zero-order valence-corrected chi connectivity index (χ0v) is 11.4. The van der Waals surface area contributed by atoms with Crippen molar-refractivity contribution in [3.63, 3.8) is 0 Å². The molecule has 0 aliphatic heterocycles. The Morgan fingerprint density at radius 1 is 1.50 bits per heavy atom. The number of benzene rings is 1. The molecule has 0 bridgehead atoms. The minimum absolute atomic E-state index is 0.167. The molecule has 0 amide bonds. The number of methoxy groups -OCH3 is 1. The summed E-state index contributed by atoms with van der Waals surface area (Å²) in [6, 6.07) is 2.44. The van der Waals surface area contributed by atoms with Crippen molar-refractivity contribution in [1.29, 1.82) is 0 Å². The Balaban J connectivity index is 2.48. The molecule has 0 spiro atoms. The summed E-state index contributed by atoms with van der Waals surface area (Å²) >= 11 is 3.67. The number of halogens is 1. The van der Waals surface area contributed by atoms with Crippen molar-refractivity contribution < 1.29 is 4.74 Å². The van der Waals surface area contributed by atoms with E-state index in [4.69, 9.17) is 10.5 Å². The predicted molar refractivity (Wildman–Crippen MR) is 70.1 cm³/mol. The maximum absolute atomic E-state index is 5.87.